The van der Waals surface area contributed by atoms with Crippen molar-refractivity contribution < 1.29 is 28.5 Å². The van der Waals surface area contributed by atoms with Gasteiger partial charge in [0.15, 0.2) is 23.0 Å². The molecule has 0 fully saturated rings. The first kappa shape index (κ1) is 24.7. The number of hydrogen-bond donors (Lipinski definition) is 0. The summed E-state index contributed by atoms with van der Waals surface area (Å²) in [6.45, 7) is 6.35. The zero-order valence-electron chi connectivity index (χ0n) is 19.6. The third-order valence-corrected chi connectivity index (χ3v) is 5.18. The molecular weight excluding hydrogens is 434 g/mol. The van der Waals surface area contributed by atoms with Crippen LogP contribution in [0.3, 0.4) is 0 Å². The number of ether oxygens (including phenoxy) is 5. The zero-order valence-corrected chi connectivity index (χ0v) is 19.6. The fourth-order valence-corrected chi connectivity index (χ4v) is 3.33. The number of unbranched alkanes of at least 4 members (excludes halogenated alkanes) is 3. The summed E-state index contributed by atoms with van der Waals surface area (Å²) in [6, 6.07) is 13.3. The first-order valence-electron chi connectivity index (χ1n) is 11.2. The van der Waals surface area contributed by atoms with E-state index in [4.69, 9.17) is 23.7 Å². The predicted octanol–water partition coefficient (Wildman–Crippen LogP) is 5.55. The van der Waals surface area contributed by atoms with Crippen molar-refractivity contribution in [1.29, 1.82) is 5.26 Å². The number of benzene rings is 2. The van der Waals surface area contributed by atoms with E-state index in [1.165, 1.54) is 0 Å². The van der Waals surface area contributed by atoms with Gasteiger partial charge in [-0.15, -0.1) is 0 Å². The van der Waals surface area contributed by atoms with Gasteiger partial charge in [0.25, 0.3) is 0 Å². The van der Waals surface area contributed by atoms with E-state index in [1.807, 2.05) is 24.3 Å². The van der Waals surface area contributed by atoms with Crippen molar-refractivity contribution in [2.45, 2.75) is 32.6 Å². The highest BCUT2D eigenvalue weighted by molar-refractivity contribution is 5.90. The van der Waals surface area contributed by atoms with E-state index in [-0.39, 0.29) is 12.8 Å². The monoisotopic (exact) mass is 463 g/mol. The van der Waals surface area contributed by atoms with Gasteiger partial charge in [0.2, 0.25) is 6.79 Å². The zero-order chi connectivity index (χ0) is 24.3. The van der Waals surface area contributed by atoms with Gasteiger partial charge in [0.05, 0.1) is 32.0 Å². The van der Waals surface area contributed by atoms with Crippen molar-refractivity contribution in [3.05, 3.63) is 59.7 Å². The molecule has 0 amide bonds. The molecule has 0 saturated carbocycles. The highest BCUT2D eigenvalue weighted by Gasteiger charge is 2.15. The molecule has 0 aliphatic carbocycles. The molecule has 34 heavy (non-hydrogen) atoms. The van der Waals surface area contributed by atoms with Crippen molar-refractivity contribution in [2.24, 2.45) is 0 Å². The summed E-state index contributed by atoms with van der Waals surface area (Å²) in [4.78, 5) is 11.3. The number of esters is 1. The van der Waals surface area contributed by atoms with E-state index in [0.29, 0.717) is 47.4 Å². The molecule has 0 saturated heterocycles. The average molecular weight is 464 g/mol. The minimum Gasteiger partial charge on any atom is -0.493 e. The number of carbonyl (C=O) groups is 1. The first-order valence-corrected chi connectivity index (χ1v) is 11.2. The fourth-order valence-electron chi connectivity index (χ4n) is 3.33. The Morgan fingerprint density at radius 3 is 2.56 bits per heavy atom. The van der Waals surface area contributed by atoms with Gasteiger partial charge in [-0.2, -0.15) is 5.26 Å². The van der Waals surface area contributed by atoms with E-state index < -0.39 is 0 Å². The number of allylic oxidation sites excluding steroid dienone is 1. The lowest BCUT2D eigenvalue weighted by molar-refractivity contribution is -0.139. The van der Waals surface area contributed by atoms with Gasteiger partial charge in [-0.1, -0.05) is 12.6 Å². The molecule has 0 atom stereocenters. The third kappa shape index (κ3) is 6.79. The molecule has 2 aromatic carbocycles. The van der Waals surface area contributed by atoms with Crippen LogP contribution in [0, 0.1) is 11.3 Å². The minimum absolute atomic E-state index is 0.188. The molecule has 0 bridgehead atoms. The van der Waals surface area contributed by atoms with Crippen LogP contribution in [-0.2, 0) is 9.53 Å². The summed E-state index contributed by atoms with van der Waals surface area (Å²) in [5, 5.41) is 9.67. The number of fused-ring (bicyclic) bond motifs is 1. The predicted molar refractivity (Wildman–Crippen MR) is 129 cm³/mol. The molecule has 0 N–H and O–H groups in total. The molecule has 3 rings (SSSR count). The van der Waals surface area contributed by atoms with Crippen LogP contribution in [0.15, 0.2) is 48.6 Å². The molecule has 1 aliphatic rings. The van der Waals surface area contributed by atoms with Gasteiger partial charge in [0.1, 0.15) is 0 Å². The maximum absolute atomic E-state index is 11.3. The van der Waals surface area contributed by atoms with Crippen molar-refractivity contribution in [2.75, 3.05) is 27.1 Å². The van der Waals surface area contributed by atoms with Crippen LogP contribution >= 0.6 is 0 Å². The number of carbonyl (C=O) groups excluding carboxylic acids is 1. The Morgan fingerprint density at radius 2 is 1.82 bits per heavy atom. The Bertz CT molecular complexity index is 1100. The van der Waals surface area contributed by atoms with E-state index in [0.717, 1.165) is 36.8 Å². The molecule has 7 heteroatoms. The molecule has 178 valence electrons. The number of rotatable bonds is 12. The van der Waals surface area contributed by atoms with Crippen LogP contribution in [0.1, 0.15) is 43.7 Å². The number of methoxy groups -OCH3 is 1. The largest absolute Gasteiger partial charge is 0.493 e. The average Bonchev–Trinajstić information content (AvgIpc) is 3.32. The Morgan fingerprint density at radius 1 is 1.06 bits per heavy atom. The van der Waals surface area contributed by atoms with Gasteiger partial charge in [-0.05, 0) is 80.1 Å². The Labute approximate surface area is 200 Å². The van der Waals surface area contributed by atoms with E-state index in [1.54, 1.807) is 32.2 Å². The summed E-state index contributed by atoms with van der Waals surface area (Å²) in [5.41, 5.74) is 2.49. The lowest BCUT2D eigenvalue weighted by atomic mass is 10.0. The molecule has 7 nitrogen and oxygen atoms in total. The molecule has 1 heterocycles. The van der Waals surface area contributed by atoms with Gasteiger partial charge in [0, 0.05) is 5.57 Å². The lowest BCUT2D eigenvalue weighted by Gasteiger charge is -2.12. The Kier molecular flexibility index (Phi) is 8.98. The fraction of sp³-hybridized carbons (Fsp3) is 0.333. The van der Waals surface area contributed by atoms with Crippen LogP contribution in [-0.4, -0.2) is 33.1 Å². The minimum atomic E-state index is -0.341. The highest BCUT2D eigenvalue weighted by atomic mass is 16.7. The molecule has 1 aliphatic heterocycles. The summed E-state index contributed by atoms with van der Waals surface area (Å²) < 4.78 is 27.2. The lowest BCUT2D eigenvalue weighted by Crippen LogP contribution is -2.06. The van der Waals surface area contributed by atoms with Crippen LogP contribution in [0.2, 0.25) is 0 Å². The van der Waals surface area contributed by atoms with Crippen molar-refractivity contribution >= 4 is 17.6 Å². The second-order valence-corrected chi connectivity index (χ2v) is 7.83. The number of hydrogen-bond acceptors (Lipinski definition) is 7. The smallest absolute Gasteiger partial charge is 0.333 e. The molecule has 0 aromatic heterocycles. The Hall–Kier alpha value is -3.92. The molecular formula is C27H29NO6. The maximum atomic E-state index is 11.3. The first-order chi connectivity index (χ1) is 16.5. The van der Waals surface area contributed by atoms with Gasteiger partial charge < -0.3 is 23.7 Å². The molecule has 0 radical (unpaired) electrons. The van der Waals surface area contributed by atoms with Crippen LogP contribution < -0.4 is 18.9 Å². The standard InChI is InChI=1S/C27H29NO6/c1-19(2)27(29)32-13-7-5-4-6-12-31-23-10-8-20(15-25(23)30-3)14-22(17-28)21-9-11-24-26(16-21)34-18-33-24/h8-11,14-16H,1,4-7,12-13,18H2,2-3H3/b22-14+. The van der Waals surface area contributed by atoms with Crippen molar-refractivity contribution in [3.63, 3.8) is 0 Å². The van der Waals surface area contributed by atoms with Gasteiger partial charge in [-0.25, -0.2) is 4.79 Å². The van der Waals surface area contributed by atoms with E-state index >= 15 is 0 Å². The molecule has 2 aromatic rings. The normalized spacial score (nSPS) is 12.1. The van der Waals surface area contributed by atoms with Gasteiger partial charge in [-0.3, -0.25) is 0 Å². The highest BCUT2D eigenvalue weighted by Crippen LogP contribution is 2.35. The summed E-state index contributed by atoms with van der Waals surface area (Å²) in [5.74, 6) is 2.22. The number of nitriles is 1. The van der Waals surface area contributed by atoms with Crippen LogP contribution in [0.5, 0.6) is 23.0 Å². The molecule has 0 unspecified atom stereocenters. The Balaban J connectivity index is 1.51. The molecule has 0 spiro atoms. The second-order valence-electron chi connectivity index (χ2n) is 7.83. The van der Waals surface area contributed by atoms with E-state index in [2.05, 4.69) is 12.6 Å². The topological polar surface area (TPSA) is 87.0 Å². The maximum Gasteiger partial charge on any atom is 0.333 e. The second kappa shape index (κ2) is 12.4. The summed E-state index contributed by atoms with van der Waals surface area (Å²) in [7, 11) is 1.59. The van der Waals surface area contributed by atoms with E-state index in [9.17, 15) is 10.1 Å². The van der Waals surface area contributed by atoms with Crippen LogP contribution in [0.25, 0.3) is 11.6 Å². The quantitative estimate of drug-likeness (QED) is 0.134. The summed E-state index contributed by atoms with van der Waals surface area (Å²) >= 11 is 0. The third-order valence-electron chi connectivity index (χ3n) is 5.18. The van der Waals surface area contributed by atoms with Gasteiger partial charge >= 0.3 is 5.97 Å². The number of nitrogens with zero attached hydrogens (tertiary/aromatic N) is 1. The van der Waals surface area contributed by atoms with Crippen LogP contribution in [0.4, 0.5) is 0 Å². The van der Waals surface area contributed by atoms with Crippen molar-refractivity contribution in [1.82, 2.24) is 0 Å². The SMILES string of the molecule is C=C(C)C(=O)OCCCCCCOc1ccc(/C=C(\C#N)c2ccc3c(c2)OCO3)cc1OC. The summed E-state index contributed by atoms with van der Waals surface area (Å²) in [6.07, 6.45) is 5.40. The van der Waals surface area contributed by atoms with Crippen molar-refractivity contribution in [3.8, 4) is 29.1 Å².